The Bertz CT molecular complexity index is 170. The molecule has 0 saturated carbocycles. The van der Waals surface area contributed by atoms with E-state index in [0.29, 0.717) is 5.59 Å². The molecule has 0 fully saturated rings. The van der Waals surface area contributed by atoms with Gasteiger partial charge in [-0.3, -0.25) is 0 Å². The number of hydrogen-bond donors (Lipinski definition) is 0. The van der Waals surface area contributed by atoms with Crippen molar-refractivity contribution in [2.45, 2.75) is 0 Å². The summed E-state index contributed by atoms with van der Waals surface area (Å²) in [5.41, 5.74) is 0.551. The van der Waals surface area contributed by atoms with Gasteiger partial charge in [0.05, 0.1) is 5.59 Å². The van der Waals surface area contributed by atoms with Crippen LogP contribution in [0.5, 0.6) is 0 Å². The highest BCUT2D eigenvalue weighted by Crippen LogP contribution is 1.63. The summed E-state index contributed by atoms with van der Waals surface area (Å²) in [5.74, 6) is 0. The summed E-state index contributed by atoms with van der Waals surface area (Å²) in [6.45, 7) is 0. The predicted octanol–water partition coefficient (Wildman–Crippen LogP) is -1.30. The van der Waals surface area contributed by atoms with Gasteiger partial charge < -0.3 is 0 Å². The predicted molar refractivity (Wildman–Crippen MR) is 30.8 cm³/mol. The Hall–Kier alpha value is -0.855. The van der Waals surface area contributed by atoms with Gasteiger partial charge in [-0.2, -0.15) is 0 Å². The lowest BCUT2D eigenvalue weighted by molar-refractivity contribution is -0.729. The summed E-state index contributed by atoms with van der Waals surface area (Å²) in [7, 11) is 7.16. The SMILES string of the molecule is [B]c1ccc[n+](C)n1. The van der Waals surface area contributed by atoms with Gasteiger partial charge in [0, 0.05) is 6.07 Å². The molecule has 0 atom stereocenters. The molecule has 3 heteroatoms. The maximum atomic E-state index is 5.33. The molecule has 0 N–H and O–H groups in total. The summed E-state index contributed by atoms with van der Waals surface area (Å²) < 4.78 is 1.66. The third-order valence-corrected chi connectivity index (χ3v) is 0.842. The van der Waals surface area contributed by atoms with Crippen molar-refractivity contribution in [1.29, 1.82) is 0 Å². The van der Waals surface area contributed by atoms with Crippen LogP contribution in [0.2, 0.25) is 0 Å². The third-order valence-electron chi connectivity index (χ3n) is 0.842. The molecule has 8 heavy (non-hydrogen) atoms. The summed E-state index contributed by atoms with van der Waals surface area (Å²) >= 11 is 0. The summed E-state index contributed by atoms with van der Waals surface area (Å²) in [4.78, 5) is 0. The van der Waals surface area contributed by atoms with Gasteiger partial charge >= 0.3 is 0 Å². The van der Waals surface area contributed by atoms with Gasteiger partial charge in [0.2, 0.25) is 0 Å². The maximum Gasteiger partial charge on any atom is 0.195 e. The van der Waals surface area contributed by atoms with Crippen molar-refractivity contribution in [2.24, 2.45) is 7.05 Å². The Kier molecular flexibility index (Phi) is 1.28. The third kappa shape index (κ3) is 1.06. The Morgan fingerprint density at radius 1 is 1.75 bits per heavy atom. The van der Waals surface area contributed by atoms with E-state index in [1.807, 2.05) is 19.3 Å². The molecule has 0 saturated heterocycles. The summed E-state index contributed by atoms with van der Waals surface area (Å²) in [6.07, 6.45) is 1.83. The second kappa shape index (κ2) is 1.94. The van der Waals surface area contributed by atoms with E-state index in [9.17, 15) is 0 Å². The number of aryl methyl sites for hydroxylation is 1. The van der Waals surface area contributed by atoms with Gasteiger partial charge in [0.25, 0.3) is 0 Å². The van der Waals surface area contributed by atoms with E-state index in [-0.39, 0.29) is 0 Å². The van der Waals surface area contributed by atoms with Crippen LogP contribution in [0.25, 0.3) is 0 Å². The van der Waals surface area contributed by atoms with E-state index in [2.05, 4.69) is 5.10 Å². The normalized spacial score (nSPS) is 9.12. The molecular formula is C5H6BN2+. The highest BCUT2D eigenvalue weighted by atomic mass is 15.2. The van der Waals surface area contributed by atoms with Gasteiger partial charge in [-0.25, -0.2) is 0 Å². The van der Waals surface area contributed by atoms with E-state index in [4.69, 9.17) is 7.85 Å². The van der Waals surface area contributed by atoms with E-state index in [1.165, 1.54) is 0 Å². The number of nitrogens with zero attached hydrogens (tertiary/aromatic N) is 2. The zero-order valence-electron chi connectivity index (χ0n) is 4.70. The molecule has 1 aromatic heterocycles. The molecule has 0 aliphatic heterocycles. The van der Waals surface area contributed by atoms with Crippen LogP contribution in [0, 0.1) is 0 Å². The van der Waals surface area contributed by atoms with Crippen LogP contribution in [-0.2, 0) is 7.05 Å². The molecule has 0 aliphatic rings. The van der Waals surface area contributed by atoms with Crippen LogP contribution in [0.1, 0.15) is 0 Å². The first-order valence-electron chi connectivity index (χ1n) is 2.37. The van der Waals surface area contributed by atoms with Gasteiger partial charge in [0.1, 0.15) is 7.85 Å². The second-order valence-electron chi connectivity index (χ2n) is 1.61. The minimum atomic E-state index is 0.551. The molecule has 0 aliphatic carbocycles. The average molecular weight is 105 g/mol. The molecule has 2 radical (unpaired) electrons. The molecular weight excluding hydrogens is 98.9 g/mol. The Balaban J connectivity index is 3.08. The highest BCUT2D eigenvalue weighted by molar-refractivity contribution is 6.30. The Labute approximate surface area is 49.6 Å². The number of aromatic nitrogens is 2. The first-order chi connectivity index (χ1) is 3.79. The highest BCUT2D eigenvalue weighted by Gasteiger charge is 1.88. The second-order valence-corrected chi connectivity index (χ2v) is 1.61. The van der Waals surface area contributed by atoms with Crippen LogP contribution < -0.4 is 10.3 Å². The zero-order valence-corrected chi connectivity index (χ0v) is 4.70. The molecule has 1 heterocycles. The van der Waals surface area contributed by atoms with Crippen molar-refractivity contribution >= 4 is 13.4 Å². The molecule has 0 spiro atoms. The van der Waals surface area contributed by atoms with Crippen LogP contribution in [0.15, 0.2) is 18.3 Å². The molecule has 1 aromatic rings. The fraction of sp³-hybridized carbons (Fsp3) is 0.200. The van der Waals surface area contributed by atoms with Crippen molar-refractivity contribution in [1.82, 2.24) is 5.10 Å². The number of rotatable bonds is 0. The lowest BCUT2D eigenvalue weighted by Crippen LogP contribution is -2.37. The topological polar surface area (TPSA) is 16.8 Å². The van der Waals surface area contributed by atoms with Crippen molar-refractivity contribution in [3.63, 3.8) is 0 Å². The van der Waals surface area contributed by atoms with Crippen molar-refractivity contribution in [3.8, 4) is 0 Å². The van der Waals surface area contributed by atoms with E-state index < -0.39 is 0 Å². The van der Waals surface area contributed by atoms with Gasteiger partial charge in [-0.1, -0.05) is 4.68 Å². The molecule has 2 nitrogen and oxygen atoms in total. The largest absolute Gasteiger partial charge is 0.195 e. The fourth-order valence-electron chi connectivity index (χ4n) is 0.515. The minimum Gasteiger partial charge on any atom is -0.0947 e. The molecule has 38 valence electrons. The van der Waals surface area contributed by atoms with Gasteiger partial charge in [-0.05, 0) is 11.2 Å². The van der Waals surface area contributed by atoms with Crippen molar-refractivity contribution in [3.05, 3.63) is 18.3 Å². The molecule has 0 unspecified atom stereocenters. The number of hydrogen-bond acceptors (Lipinski definition) is 1. The smallest absolute Gasteiger partial charge is 0.0947 e. The van der Waals surface area contributed by atoms with Crippen LogP contribution in [0.3, 0.4) is 0 Å². The summed E-state index contributed by atoms with van der Waals surface area (Å²) in [5, 5.41) is 3.87. The lowest BCUT2D eigenvalue weighted by atomic mass is 10.1. The molecule has 0 aromatic carbocycles. The quantitative estimate of drug-likeness (QED) is 0.296. The first kappa shape index (κ1) is 5.28. The minimum absolute atomic E-state index is 0.551. The van der Waals surface area contributed by atoms with Crippen molar-refractivity contribution < 1.29 is 4.68 Å². The molecule has 1 rings (SSSR count). The summed E-state index contributed by atoms with van der Waals surface area (Å²) in [6, 6.07) is 3.60. The zero-order chi connectivity index (χ0) is 5.98. The monoisotopic (exact) mass is 105 g/mol. The van der Waals surface area contributed by atoms with Gasteiger partial charge in [0.15, 0.2) is 13.2 Å². The van der Waals surface area contributed by atoms with Crippen LogP contribution >= 0.6 is 0 Å². The fourth-order valence-corrected chi connectivity index (χ4v) is 0.515. The molecule has 0 bridgehead atoms. The maximum absolute atomic E-state index is 5.33. The first-order valence-corrected chi connectivity index (χ1v) is 2.37. The Morgan fingerprint density at radius 2 is 2.50 bits per heavy atom. The van der Waals surface area contributed by atoms with Crippen LogP contribution in [0.4, 0.5) is 0 Å². The average Bonchev–Trinajstić information content (AvgIpc) is 1.64. The van der Waals surface area contributed by atoms with Crippen molar-refractivity contribution in [2.75, 3.05) is 0 Å². The van der Waals surface area contributed by atoms with Gasteiger partial charge in [-0.15, -0.1) is 0 Å². The van der Waals surface area contributed by atoms with E-state index in [1.54, 1.807) is 10.7 Å². The van der Waals surface area contributed by atoms with Crippen LogP contribution in [-0.4, -0.2) is 12.9 Å². The lowest BCUT2D eigenvalue weighted by Gasteiger charge is -1.83. The Morgan fingerprint density at radius 3 is 2.88 bits per heavy atom. The van der Waals surface area contributed by atoms with E-state index >= 15 is 0 Å². The standard InChI is InChI=1S/C5H6BN2/c1-8-4-2-3-5(6)7-8/h2-4H,1H3/q+1. The molecule has 0 amide bonds. The van der Waals surface area contributed by atoms with E-state index in [0.717, 1.165) is 0 Å².